The molecule has 1 aliphatic heterocycles. The van der Waals surface area contributed by atoms with Gasteiger partial charge in [0, 0.05) is 36.8 Å². The Bertz CT molecular complexity index is 967. The van der Waals surface area contributed by atoms with Crippen molar-refractivity contribution in [2.24, 2.45) is 5.92 Å². The van der Waals surface area contributed by atoms with Gasteiger partial charge in [0.05, 0.1) is 5.92 Å². The summed E-state index contributed by atoms with van der Waals surface area (Å²) in [6.45, 7) is 0.266. The first kappa shape index (κ1) is 21.8. The summed E-state index contributed by atoms with van der Waals surface area (Å²) in [6.07, 6.45) is 2.25. The van der Waals surface area contributed by atoms with Crippen LogP contribution in [-0.2, 0) is 14.3 Å². The number of para-hydroxylation sites is 1. The van der Waals surface area contributed by atoms with E-state index in [2.05, 4.69) is 10.6 Å². The van der Waals surface area contributed by atoms with E-state index in [-0.39, 0.29) is 42.7 Å². The van der Waals surface area contributed by atoms with Gasteiger partial charge in [0.2, 0.25) is 11.8 Å². The summed E-state index contributed by atoms with van der Waals surface area (Å²) < 4.78 is 18.7. The van der Waals surface area contributed by atoms with Crippen molar-refractivity contribution in [1.29, 1.82) is 0 Å². The molecule has 2 aliphatic rings. The Morgan fingerprint density at radius 2 is 1.78 bits per heavy atom. The molecule has 4 rings (SSSR count). The molecule has 3 atom stereocenters. The molecule has 3 amide bonds. The first-order chi connectivity index (χ1) is 15.5. The molecule has 0 radical (unpaired) electrons. The molecule has 1 aliphatic carbocycles. The van der Waals surface area contributed by atoms with Crippen molar-refractivity contribution in [3.8, 4) is 0 Å². The highest BCUT2D eigenvalue weighted by molar-refractivity contribution is 6.00. The minimum atomic E-state index is -0.510. The van der Waals surface area contributed by atoms with E-state index in [1.54, 1.807) is 12.1 Å². The maximum absolute atomic E-state index is 13.2. The molecule has 2 aromatic rings. The first-order valence-electron chi connectivity index (χ1n) is 10.9. The van der Waals surface area contributed by atoms with Gasteiger partial charge in [0.1, 0.15) is 11.9 Å². The molecule has 0 aromatic heterocycles. The van der Waals surface area contributed by atoms with Gasteiger partial charge in [-0.05, 0) is 55.7 Å². The van der Waals surface area contributed by atoms with Crippen LogP contribution in [0, 0.1) is 11.7 Å². The van der Waals surface area contributed by atoms with Gasteiger partial charge in [0.15, 0.2) is 0 Å². The Morgan fingerprint density at radius 3 is 2.53 bits per heavy atom. The smallest absolute Gasteiger partial charge is 0.411 e. The first-order valence-corrected chi connectivity index (χ1v) is 10.9. The maximum Gasteiger partial charge on any atom is 0.411 e. The topological polar surface area (TPSA) is 87.7 Å². The molecule has 7 nitrogen and oxygen atoms in total. The van der Waals surface area contributed by atoms with Crippen LogP contribution in [0.5, 0.6) is 0 Å². The van der Waals surface area contributed by atoms with E-state index in [1.165, 1.54) is 29.2 Å². The third kappa shape index (κ3) is 5.43. The standard InChI is InChI=1S/C24H26FN3O4/c25-17-9-11-20(12-10-17)28-15-16(13-22(28)29)23(30)26-19-7-4-8-21(14-19)32-24(31)27-18-5-2-1-3-6-18/h1-3,5-6,9-12,16,19,21H,4,7-8,13-15H2,(H,26,30)(H,27,31)/t16-,19-,21+/m1/s1. The number of hydrogen-bond acceptors (Lipinski definition) is 4. The number of ether oxygens (including phenoxy) is 1. The zero-order valence-electron chi connectivity index (χ0n) is 17.6. The molecule has 32 heavy (non-hydrogen) atoms. The Kier molecular flexibility index (Phi) is 6.68. The van der Waals surface area contributed by atoms with Crippen LogP contribution in [0.3, 0.4) is 0 Å². The van der Waals surface area contributed by atoms with Crippen LogP contribution >= 0.6 is 0 Å². The molecule has 168 valence electrons. The van der Waals surface area contributed by atoms with Crippen LogP contribution in [0.15, 0.2) is 54.6 Å². The third-order valence-electron chi connectivity index (χ3n) is 5.90. The molecule has 1 heterocycles. The minimum absolute atomic E-state index is 0.110. The molecule has 0 spiro atoms. The van der Waals surface area contributed by atoms with E-state index in [0.29, 0.717) is 17.8 Å². The van der Waals surface area contributed by atoms with E-state index >= 15 is 0 Å². The number of carbonyl (C=O) groups is 3. The Balaban J connectivity index is 1.27. The number of nitrogens with zero attached hydrogens (tertiary/aromatic N) is 1. The van der Waals surface area contributed by atoms with Crippen molar-refractivity contribution in [3.63, 3.8) is 0 Å². The van der Waals surface area contributed by atoms with Gasteiger partial charge < -0.3 is 15.0 Å². The number of amides is 3. The monoisotopic (exact) mass is 439 g/mol. The normalized spacial score (nSPS) is 23.0. The van der Waals surface area contributed by atoms with Gasteiger partial charge in [-0.15, -0.1) is 0 Å². The van der Waals surface area contributed by atoms with Gasteiger partial charge in [-0.2, -0.15) is 0 Å². The average Bonchev–Trinajstić information content (AvgIpc) is 3.17. The zero-order valence-corrected chi connectivity index (χ0v) is 17.6. The van der Waals surface area contributed by atoms with E-state index in [4.69, 9.17) is 4.74 Å². The number of benzene rings is 2. The van der Waals surface area contributed by atoms with Gasteiger partial charge >= 0.3 is 6.09 Å². The lowest BCUT2D eigenvalue weighted by molar-refractivity contribution is -0.127. The highest BCUT2D eigenvalue weighted by atomic mass is 19.1. The second kappa shape index (κ2) is 9.80. The lowest BCUT2D eigenvalue weighted by atomic mass is 9.92. The van der Waals surface area contributed by atoms with Crippen LogP contribution in [-0.4, -0.2) is 36.6 Å². The molecular weight excluding hydrogens is 413 g/mol. The Hall–Kier alpha value is -3.42. The molecule has 0 bridgehead atoms. The molecular formula is C24H26FN3O4. The summed E-state index contributed by atoms with van der Waals surface area (Å²) in [4.78, 5) is 38.8. The van der Waals surface area contributed by atoms with E-state index in [0.717, 1.165) is 19.3 Å². The molecule has 2 aromatic carbocycles. The summed E-state index contributed by atoms with van der Waals surface area (Å²) in [5, 5.41) is 5.73. The Labute approximate surface area is 185 Å². The highest BCUT2D eigenvalue weighted by Gasteiger charge is 2.36. The molecule has 1 saturated carbocycles. The van der Waals surface area contributed by atoms with Crippen LogP contribution < -0.4 is 15.5 Å². The lowest BCUT2D eigenvalue weighted by Gasteiger charge is -2.30. The summed E-state index contributed by atoms with van der Waals surface area (Å²) in [6, 6.07) is 14.6. The van der Waals surface area contributed by atoms with Crippen LogP contribution in [0.25, 0.3) is 0 Å². The van der Waals surface area contributed by atoms with Crippen LogP contribution in [0.2, 0.25) is 0 Å². The van der Waals surface area contributed by atoms with E-state index in [1.807, 2.05) is 18.2 Å². The van der Waals surface area contributed by atoms with Gasteiger partial charge in [-0.3, -0.25) is 14.9 Å². The van der Waals surface area contributed by atoms with Crippen molar-refractivity contribution in [3.05, 3.63) is 60.4 Å². The molecule has 8 heteroatoms. The van der Waals surface area contributed by atoms with Crippen molar-refractivity contribution in [1.82, 2.24) is 5.32 Å². The fraction of sp³-hybridized carbons (Fsp3) is 0.375. The SMILES string of the molecule is O=C(Nc1ccccc1)O[C@H]1CCC[C@@H](NC(=O)[C@@H]2CC(=O)N(c3ccc(F)cc3)C2)C1. The minimum Gasteiger partial charge on any atom is -0.446 e. The fourth-order valence-corrected chi connectivity index (χ4v) is 4.28. The van der Waals surface area contributed by atoms with E-state index < -0.39 is 12.0 Å². The predicted molar refractivity (Wildman–Crippen MR) is 118 cm³/mol. The third-order valence-corrected chi connectivity index (χ3v) is 5.90. The number of rotatable bonds is 5. The number of halogens is 1. The predicted octanol–water partition coefficient (Wildman–Crippen LogP) is 3.85. The summed E-state index contributed by atoms with van der Waals surface area (Å²) in [7, 11) is 0. The molecule has 2 fully saturated rings. The Morgan fingerprint density at radius 1 is 1.03 bits per heavy atom. The zero-order chi connectivity index (χ0) is 22.5. The summed E-state index contributed by atoms with van der Waals surface area (Å²) in [5.74, 6) is -1.17. The van der Waals surface area contributed by atoms with Gasteiger partial charge in [0.25, 0.3) is 0 Å². The summed E-state index contributed by atoms with van der Waals surface area (Å²) >= 11 is 0. The fourth-order valence-electron chi connectivity index (χ4n) is 4.28. The van der Waals surface area contributed by atoms with Gasteiger partial charge in [-0.1, -0.05) is 18.2 Å². The number of nitrogens with one attached hydrogen (secondary N) is 2. The summed E-state index contributed by atoms with van der Waals surface area (Å²) in [5.41, 5.74) is 1.25. The lowest BCUT2D eigenvalue weighted by Crippen LogP contribution is -2.44. The largest absolute Gasteiger partial charge is 0.446 e. The second-order valence-electron chi connectivity index (χ2n) is 8.27. The highest BCUT2D eigenvalue weighted by Crippen LogP contribution is 2.27. The average molecular weight is 439 g/mol. The number of anilines is 2. The van der Waals surface area contributed by atoms with Crippen molar-refractivity contribution in [2.45, 2.75) is 44.2 Å². The second-order valence-corrected chi connectivity index (χ2v) is 8.27. The maximum atomic E-state index is 13.2. The number of carbonyl (C=O) groups excluding carboxylic acids is 3. The van der Waals surface area contributed by atoms with Gasteiger partial charge in [-0.25, -0.2) is 9.18 Å². The number of hydrogen-bond donors (Lipinski definition) is 2. The van der Waals surface area contributed by atoms with E-state index in [9.17, 15) is 18.8 Å². The van der Waals surface area contributed by atoms with Crippen LogP contribution in [0.4, 0.5) is 20.6 Å². The van der Waals surface area contributed by atoms with Crippen LogP contribution in [0.1, 0.15) is 32.1 Å². The van der Waals surface area contributed by atoms with Crippen molar-refractivity contribution >= 4 is 29.3 Å². The molecule has 2 N–H and O–H groups in total. The molecule has 0 unspecified atom stereocenters. The van der Waals surface area contributed by atoms with Crippen molar-refractivity contribution in [2.75, 3.05) is 16.8 Å². The van der Waals surface area contributed by atoms with Crippen molar-refractivity contribution < 1.29 is 23.5 Å². The molecule has 1 saturated heterocycles. The quantitative estimate of drug-likeness (QED) is 0.741.